The fraction of sp³-hybridized carbons (Fsp3) is 0.857. The number of piperidine rings is 1. The fourth-order valence-corrected chi connectivity index (χ4v) is 3.16. The highest BCUT2D eigenvalue weighted by molar-refractivity contribution is 5.84. The summed E-state index contributed by atoms with van der Waals surface area (Å²) in [6.07, 6.45) is 3.82. The number of carbonyl (C=O) groups is 2. The monoisotopic (exact) mass is 266 g/mol. The van der Waals surface area contributed by atoms with Crippen LogP contribution < -0.4 is 0 Å². The summed E-state index contributed by atoms with van der Waals surface area (Å²) in [5.74, 6) is 0.527. The Morgan fingerprint density at radius 2 is 1.68 bits per heavy atom. The second-order valence-corrected chi connectivity index (χ2v) is 6.59. The molecule has 0 bridgehead atoms. The first-order valence-electron chi connectivity index (χ1n) is 7.26. The van der Waals surface area contributed by atoms with Crippen molar-refractivity contribution in [3.63, 3.8) is 0 Å². The second-order valence-electron chi connectivity index (χ2n) is 6.59. The lowest BCUT2D eigenvalue weighted by Gasteiger charge is -2.46. The molecule has 1 atom stereocenters. The lowest BCUT2D eigenvalue weighted by Crippen LogP contribution is -2.63. The largest absolute Gasteiger partial charge is 0.386 e. The van der Waals surface area contributed by atoms with Crippen molar-refractivity contribution >= 4 is 11.8 Å². The van der Waals surface area contributed by atoms with E-state index in [1.54, 1.807) is 11.8 Å². The van der Waals surface area contributed by atoms with E-state index in [1.165, 1.54) is 0 Å². The van der Waals surface area contributed by atoms with Crippen LogP contribution in [0, 0.1) is 11.8 Å². The number of nitrogens with zero attached hydrogens (tertiary/aromatic N) is 2. The molecule has 5 heteroatoms. The maximum atomic E-state index is 12.3. The summed E-state index contributed by atoms with van der Waals surface area (Å²) >= 11 is 0. The topological polar surface area (TPSA) is 60.9 Å². The molecule has 5 nitrogen and oxygen atoms in total. The molecule has 0 spiro atoms. The molecule has 2 amide bonds. The predicted octanol–water partition coefficient (Wildman–Crippen LogP) is 0.228. The van der Waals surface area contributed by atoms with Gasteiger partial charge in [0.1, 0.15) is 0 Å². The Morgan fingerprint density at radius 1 is 1.05 bits per heavy atom. The standard InChI is InChI=1S/C14H22N2O3/c1-14(19)8-16(9-14)13(18)11-3-2-6-15(7-11)12(17)10-4-5-10/h10-11,19H,2-9H2,1H3. The van der Waals surface area contributed by atoms with Crippen molar-refractivity contribution in [1.82, 2.24) is 9.80 Å². The van der Waals surface area contributed by atoms with E-state index in [9.17, 15) is 14.7 Å². The van der Waals surface area contributed by atoms with Crippen LogP contribution in [0.2, 0.25) is 0 Å². The Labute approximate surface area is 113 Å². The maximum absolute atomic E-state index is 12.3. The molecule has 1 N–H and O–H groups in total. The highest BCUT2D eigenvalue weighted by Gasteiger charge is 2.43. The van der Waals surface area contributed by atoms with Gasteiger partial charge < -0.3 is 14.9 Å². The maximum Gasteiger partial charge on any atom is 0.227 e. The van der Waals surface area contributed by atoms with Gasteiger partial charge in [-0.1, -0.05) is 0 Å². The molecule has 2 saturated heterocycles. The summed E-state index contributed by atoms with van der Waals surface area (Å²) in [4.78, 5) is 27.9. The predicted molar refractivity (Wildman–Crippen MR) is 69.2 cm³/mol. The van der Waals surface area contributed by atoms with Crippen LogP contribution in [0.4, 0.5) is 0 Å². The minimum absolute atomic E-state index is 0.0625. The fourth-order valence-electron chi connectivity index (χ4n) is 3.16. The van der Waals surface area contributed by atoms with E-state index in [4.69, 9.17) is 0 Å². The number of β-amino-alcohol motifs (C(OH)–C–C–N with tert-alkyl or cyclic N) is 1. The quantitative estimate of drug-likeness (QED) is 0.778. The Hall–Kier alpha value is -1.10. The molecule has 1 unspecified atom stereocenters. The highest BCUT2D eigenvalue weighted by Crippen LogP contribution is 2.33. The van der Waals surface area contributed by atoms with Crippen LogP contribution in [0.1, 0.15) is 32.6 Å². The van der Waals surface area contributed by atoms with Gasteiger partial charge >= 0.3 is 0 Å². The van der Waals surface area contributed by atoms with Crippen molar-refractivity contribution < 1.29 is 14.7 Å². The summed E-state index contributed by atoms with van der Waals surface area (Å²) < 4.78 is 0. The Morgan fingerprint density at radius 3 is 2.26 bits per heavy atom. The zero-order chi connectivity index (χ0) is 13.6. The van der Waals surface area contributed by atoms with E-state index < -0.39 is 5.60 Å². The molecule has 0 radical (unpaired) electrons. The van der Waals surface area contributed by atoms with E-state index >= 15 is 0 Å². The number of hydrogen-bond donors (Lipinski definition) is 1. The van der Waals surface area contributed by atoms with Crippen LogP contribution in [0.5, 0.6) is 0 Å². The zero-order valence-corrected chi connectivity index (χ0v) is 11.5. The van der Waals surface area contributed by atoms with E-state index in [2.05, 4.69) is 0 Å². The van der Waals surface area contributed by atoms with Gasteiger partial charge in [0, 0.05) is 19.0 Å². The third kappa shape index (κ3) is 2.61. The first-order chi connectivity index (χ1) is 8.96. The molecule has 1 aliphatic carbocycles. The van der Waals surface area contributed by atoms with Crippen LogP contribution >= 0.6 is 0 Å². The molecule has 3 rings (SSSR count). The number of hydrogen-bond acceptors (Lipinski definition) is 3. The summed E-state index contributed by atoms with van der Waals surface area (Å²) in [6, 6.07) is 0. The first-order valence-corrected chi connectivity index (χ1v) is 7.26. The van der Waals surface area contributed by atoms with Gasteiger partial charge in [-0.15, -0.1) is 0 Å². The molecular weight excluding hydrogens is 244 g/mol. The van der Waals surface area contributed by atoms with Crippen molar-refractivity contribution in [1.29, 1.82) is 0 Å². The average Bonchev–Trinajstić information content (AvgIpc) is 3.18. The molecule has 106 valence electrons. The molecule has 19 heavy (non-hydrogen) atoms. The van der Waals surface area contributed by atoms with E-state index in [0.29, 0.717) is 19.6 Å². The number of rotatable bonds is 2. The van der Waals surface area contributed by atoms with Crippen molar-refractivity contribution in [2.24, 2.45) is 11.8 Å². The lowest BCUT2D eigenvalue weighted by molar-refractivity contribution is -0.159. The van der Waals surface area contributed by atoms with E-state index in [0.717, 1.165) is 32.2 Å². The smallest absolute Gasteiger partial charge is 0.227 e. The van der Waals surface area contributed by atoms with Gasteiger partial charge in [0.05, 0.1) is 24.6 Å². The van der Waals surface area contributed by atoms with Crippen molar-refractivity contribution in [3.05, 3.63) is 0 Å². The number of carbonyl (C=O) groups excluding carboxylic acids is 2. The third-order valence-corrected chi connectivity index (χ3v) is 4.38. The third-order valence-electron chi connectivity index (χ3n) is 4.38. The summed E-state index contributed by atoms with van der Waals surface area (Å²) in [6.45, 7) is 3.99. The summed E-state index contributed by atoms with van der Waals surface area (Å²) in [5.41, 5.74) is -0.714. The van der Waals surface area contributed by atoms with Crippen molar-refractivity contribution in [2.75, 3.05) is 26.2 Å². The normalized spacial score (nSPS) is 29.9. The van der Waals surface area contributed by atoms with Gasteiger partial charge in [-0.3, -0.25) is 9.59 Å². The SMILES string of the molecule is CC1(O)CN(C(=O)C2CCCN(C(=O)C3CC3)C2)C1. The Kier molecular flexibility index (Phi) is 3.04. The van der Waals surface area contributed by atoms with E-state index in [-0.39, 0.29) is 23.7 Å². The van der Waals surface area contributed by atoms with Crippen LogP contribution in [0.3, 0.4) is 0 Å². The molecule has 3 fully saturated rings. The van der Waals surface area contributed by atoms with Gasteiger partial charge in [0.2, 0.25) is 11.8 Å². The molecule has 0 aromatic carbocycles. The van der Waals surface area contributed by atoms with Crippen molar-refractivity contribution in [3.8, 4) is 0 Å². The van der Waals surface area contributed by atoms with Gasteiger partial charge in [-0.25, -0.2) is 0 Å². The van der Waals surface area contributed by atoms with Crippen LogP contribution in [-0.2, 0) is 9.59 Å². The Bertz CT molecular complexity index is 395. The second kappa shape index (κ2) is 4.47. The molecule has 2 heterocycles. The summed E-state index contributed by atoms with van der Waals surface area (Å²) in [7, 11) is 0. The Balaban J connectivity index is 1.56. The molecular formula is C14H22N2O3. The molecule has 3 aliphatic rings. The minimum atomic E-state index is -0.714. The molecule has 2 aliphatic heterocycles. The lowest BCUT2D eigenvalue weighted by atomic mass is 9.91. The molecule has 1 saturated carbocycles. The van der Waals surface area contributed by atoms with Crippen LogP contribution in [-0.4, -0.2) is 58.5 Å². The zero-order valence-electron chi connectivity index (χ0n) is 11.5. The average molecular weight is 266 g/mol. The number of likely N-dealkylation sites (tertiary alicyclic amines) is 2. The van der Waals surface area contributed by atoms with Crippen LogP contribution in [0.15, 0.2) is 0 Å². The highest BCUT2D eigenvalue weighted by atomic mass is 16.3. The van der Waals surface area contributed by atoms with Crippen molar-refractivity contribution in [2.45, 2.75) is 38.2 Å². The van der Waals surface area contributed by atoms with Gasteiger partial charge in [-0.2, -0.15) is 0 Å². The van der Waals surface area contributed by atoms with Gasteiger partial charge in [0.25, 0.3) is 0 Å². The minimum Gasteiger partial charge on any atom is -0.386 e. The van der Waals surface area contributed by atoms with Gasteiger partial charge in [-0.05, 0) is 32.6 Å². The first kappa shape index (κ1) is 12.9. The summed E-state index contributed by atoms with van der Waals surface area (Å²) in [5, 5.41) is 9.69. The van der Waals surface area contributed by atoms with E-state index in [1.807, 2.05) is 4.90 Å². The van der Waals surface area contributed by atoms with Crippen LogP contribution in [0.25, 0.3) is 0 Å². The molecule has 0 aromatic heterocycles. The number of amides is 2. The number of aliphatic hydroxyl groups is 1. The molecule has 0 aromatic rings. The van der Waals surface area contributed by atoms with Gasteiger partial charge in [0.15, 0.2) is 0 Å².